The molecule has 6 heteroatoms. The molecule has 2 saturated carbocycles. The number of nitrogens with one attached hydrogen (secondary N) is 2. The predicted octanol–water partition coefficient (Wildman–Crippen LogP) is 0.281. The van der Waals surface area contributed by atoms with Gasteiger partial charge in [0.15, 0.2) is 15.8 Å². The standard InChI is InChI=1S/C12H21N3O2S/c16-18(17)6-5-9(8-18)7-13-12(14-10-1-2-10)15-11-3-4-11/h9-11H,1-8H2,(H2,13,14,15). The number of hydrogen-bond acceptors (Lipinski definition) is 3. The Morgan fingerprint density at radius 1 is 1.06 bits per heavy atom. The molecule has 2 aliphatic carbocycles. The van der Waals surface area contributed by atoms with E-state index in [1.165, 1.54) is 25.7 Å². The van der Waals surface area contributed by atoms with Gasteiger partial charge in [-0.1, -0.05) is 0 Å². The average molecular weight is 271 g/mol. The highest BCUT2D eigenvalue weighted by molar-refractivity contribution is 7.91. The van der Waals surface area contributed by atoms with Crippen LogP contribution in [-0.4, -0.2) is 44.5 Å². The number of hydrogen-bond donors (Lipinski definition) is 2. The van der Waals surface area contributed by atoms with Crippen LogP contribution in [0, 0.1) is 5.92 Å². The highest BCUT2D eigenvalue weighted by Crippen LogP contribution is 2.22. The Labute approximate surface area is 108 Å². The molecule has 102 valence electrons. The summed E-state index contributed by atoms with van der Waals surface area (Å²) in [7, 11) is -2.77. The first-order valence-corrected chi connectivity index (χ1v) is 8.71. The zero-order valence-electron chi connectivity index (χ0n) is 10.6. The molecule has 3 fully saturated rings. The first-order chi connectivity index (χ1) is 8.61. The second kappa shape index (κ2) is 4.72. The lowest BCUT2D eigenvalue weighted by Gasteiger charge is -2.12. The van der Waals surface area contributed by atoms with E-state index in [1.54, 1.807) is 0 Å². The van der Waals surface area contributed by atoms with Gasteiger partial charge in [0.05, 0.1) is 11.5 Å². The molecule has 5 nitrogen and oxygen atoms in total. The fourth-order valence-electron chi connectivity index (χ4n) is 2.21. The van der Waals surface area contributed by atoms with Crippen molar-refractivity contribution in [3.05, 3.63) is 0 Å². The SMILES string of the molecule is O=S1(=O)CCC(CN=C(NC2CC2)NC2CC2)C1. The van der Waals surface area contributed by atoms with E-state index in [2.05, 4.69) is 15.6 Å². The fourth-order valence-corrected chi connectivity index (χ4v) is 4.06. The van der Waals surface area contributed by atoms with Crippen LogP contribution in [0.4, 0.5) is 0 Å². The Kier molecular flexibility index (Phi) is 3.21. The van der Waals surface area contributed by atoms with Crippen molar-refractivity contribution < 1.29 is 8.42 Å². The number of guanidine groups is 1. The van der Waals surface area contributed by atoms with E-state index in [9.17, 15) is 8.42 Å². The van der Waals surface area contributed by atoms with Crippen molar-refractivity contribution in [1.82, 2.24) is 10.6 Å². The van der Waals surface area contributed by atoms with Crippen molar-refractivity contribution in [1.29, 1.82) is 0 Å². The molecule has 0 radical (unpaired) electrons. The van der Waals surface area contributed by atoms with Crippen LogP contribution in [0.1, 0.15) is 32.1 Å². The van der Waals surface area contributed by atoms with E-state index < -0.39 is 9.84 Å². The molecular formula is C12H21N3O2S. The summed E-state index contributed by atoms with van der Waals surface area (Å²) in [6, 6.07) is 1.17. The third-order valence-corrected chi connectivity index (χ3v) is 5.51. The molecule has 1 heterocycles. The molecule has 2 N–H and O–H groups in total. The van der Waals surface area contributed by atoms with Gasteiger partial charge in [0, 0.05) is 18.6 Å². The molecule has 1 saturated heterocycles. The molecule has 0 spiro atoms. The Morgan fingerprint density at radius 3 is 2.11 bits per heavy atom. The van der Waals surface area contributed by atoms with Crippen LogP contribution in [0.2, 0.25) is 0 Å². The minimum absolute atomic E-state index is 0.215. The molecular weight excluding hydrogens is 250 g/mol. The van der Waals surface area contributed by atoms with E-state index in [0.29, 0.717) is 30.1 Å². The van der Waals surface area contributed by atoms with Crippen LogP contribution in [-0.2, 0) is 9.84 Å². The number of rotatable bonds is 4. The first kappa shape index (κ1) is 12.3. The number of sulfone groups is 1. The van der Waals surface area contributed by atoms with Crippen LogP contribution >= 0.6 is 0 Å². The maximum atomic E-state index is 11.4. The minimum Gasteiger partial charge on any atom is -0.354 e. The lowest BCUT2D eigenvalue weighted by molar-refractivity contribution is 0.589. The summed E-state index contributed by atoms with van der Waals surface area (Å²) in [5, 5.41) is 6.79. The van der Waals surface area contributed by atoms with E-state index >= 15 is 0 Å². The highest BCUT2D eigenvalue weighted by Gasteiger charge is 2.29. The summed E-state index contributed by atoms with van der Waals surface area (Å²) in [6.07, 6.45) is 5.67. The molecule has 0 amide bonds. The summed E-state index contributed by atoms with van der Waals surface area (Å²) >= 11 is 0. The zero-order chi connectivity index (χ0) is 12.6. The van der Waals surface area contributed by atoms with Gasteiger partial charge in [-0.15, -0.1) is 0 Å². The van der Waals surface area contributed by atoms with Gasteiger partial charge in [-0.3, -0.25) is 4.99 Å². The summed E-state index contributed by atoms with van der Waals surface area (Å²) in [6.45, 7) is 0.633. The predicted molar refractivity (Wildman–Crippen MR) is 71.4 cm³/mol. The van der Waals surface area contributed by atoms with Crippen LogP contribution in [0.5, 0.6) is 0 Å². The summed E-state index contributed by atoms with van der Waals surface area (Å²) in [5.74, 6) is 1.77. The topological polar surface area (TPSA) is 70.6 Å². The highest BCUT2D eigenvalue weighted by atomic mass is 32.2. The largest absolute Gasteiger partial charge is 0.354 e. The van der Waals surface area contributed by atoms with E-state index in [4.69, 9.17) is 0 Å². The van der Waals surface area contributed by atoms with Crippen molar-refractivity contribution in [3.63, 3.8) is 0 Å². The Morgan fingerprint density at radius 2 is 1.67 bits per heavy atom. The summed E-state index contributed by atoms with van der Waals surface area (Å²) in [4.78, 5) is 4.56. The third kappa shape index (κ3) is 3.60. The quantitative estimate of drug-likeness (QED) is 0.569. The van der Waals surface area contributed by atoms with E-state index in [1.807, 2.05) is 0 Å². The Bertz CT molecular complexity index is 422. The van der Waals surface area contributed by atoms with Crippen LogP contribution in [0.3, 0.4) is 0 Å². The fraction of sp³-hybridized carbons (Fsp3) is 0.917. The van der Waals surface area contributed by atoms with Gasteiger partial charge in [-0.05, 0) is 38.0 Å². The molecule has 1 aliphatic heterocycles. The van der Waals surface area contributed by atoms with Crippen LogP contribution in [0.25, 0.3) is 0 Å². The molecule has 3 aliphatic rings. The first-order valence-electron chi connectivity index (χ1n) is 6.89. The molecule has 0 bridgehead atoms. The maximum absolute atomic E-state index is 11.4. The number of nitrogens with zero attached hydrogens (tertiary/aromatic N) is 1. The smallest absolute Gasteiger partial charge is 0.191 e. The van der Waals surface area contributed by atoms with Gasteiger partial charge in [0.2, 0.25) is 0 Å². The summed E-state index contributed by atoms with van der Waals surface area (Å²) in [5.41, 5.74) is 0. The summed E-state index contributed by atoms with van der Waals surface area (Å²) < 4.78 is 22.8. The van der Waals surface area contributed by atoms with Crippen molar-refractivity contribution in [3.8, 4) is 0 Å². The zero-order valence-corrected chi connectivity index (χ0v) is 11.4. The van der Waals surface area contributed by atoms with Crippen LogP contribution in [0.15, 0.2) is 4.99 Å². The van der Waals surface area contributed by atoms with Gasteiger partial charge in [-0.2, -0.15) is 0 Å². The Balaban J connectivity index is 1.53. The second-order valence-electron chi connectivity index (χ2n) is 5.80. The van der Waals surface area contributed by atoms with E-state index in [-0.39, 0.29) is 5.92 Å². The van der Waals surface area contributed by atoms with Crippen molar-refractivity contribution in [2.45, 2.75) is 44.2 Å². The molecule has 0 aromatic heterocycles. The molecule has 0 aromatic carbocycles. The molecule has 3 rings (SSSR count). The maximum Gasteiger partial charge on any atom is 0.191 e. The molecule has 1 unspecified atom stereocenters. The van der Waals surface area contributed by atoms with Gasteiger partial charge >= 0.3 is 0 Å². The Hall–Kier alpha value is -0.780. The number of aliphatic imine (C=N–C) groups is 1. The lowest BCUT2D eigenvalue weighted by atomic mass is 10.1. The molecule has 1 atom stereocenters. The van der Waals surface area contributed by atoms with E-state index in [0.717, 1.165) is 12.4 Å². The third-order valence-electron chi connectivity index (χ3n) is 3.67. The van der Waals surface area contributed by atoms with Gasteiger partial charge < -0.3 is 10.6 Å². The van der Waals surface area contributed by atoms with Crippen molar-refractivity contribution >= 4 is 15.8 Å². The lowest BCUT2D eigenvalue weighted by Crippen LogP contribution is -2.40. The monoisotopic (exact) mass is 271 g/mol. The second-order valence-corrected chi connectivity index (χ2v) is 8.02. The van der Waals surface area contributed by atoms with Crippen molar-refractivity contribution in [2.75, 3.05) is 18.1 Å². The van der Waals surface area contributed by atoms with Crippen molar-refractivity contribution in [2.24, 2.45) is 10.9 Å². The average Bonchev–Trinajstić information content (AvgIpc) is 3.19. The minimum atomic E-state index is -2.77. The van der Waals surface area contributed by atoms with Gasteiger partial charge in [0.25, 0.3) is 0 Å². The molecule has 18 heavy (non-hydrogen) atoms. The van der Waals surface area contributed by atoms with Gasteiger partial charge in [0.1, 0.15) is 0 Å². The van der Waals surface area contributed by atoms with Gasteiger partial charge in [-0.25, -0.2) is 8.42 Å². The van der Waals surface area contributed by atoms with Crippen LogP contribution < -0.4 is 10.6 Å². The normalized spacial score (nSPS) is 29.9. The molecule has 0 aromatic rings.